The minimum atomic E-state index is -0.443. The van der Waals surface area contributed by atoms with Crippen molar-refractivity contribution in [3.05, 3.63) is 32.3 Å². The second kappa shape index (κ2) is 6.32. The number of nitrogens with zero attached hydrogens (tertiary/aromatic N) is 1. The van der Waals surface area contributed by atoms with Crippen LogP contribution in [0.15, 0.2) is 16.6 Å². The lowest BCUT2D eigenvalue weighted by Gasteiger charge is -2.22. The highest BCUT2D eigenvalue weighted by Crippen LogP contribution is 2.31. The Labute approximate surface area is 125 Å². The van der Waals surface area contributed by atoms with Crippen LogP contribution in [0, 0.1) is 23.0 Å². The predicted molar refractivity (Wildman–Crippen MR) is 79.8 cm³/mol. The van der Waals surface area contributed by atoms with Crippen LogP contribution in [0.1, 0.15) is 18.4 Å². The molecule has 1 aromatic rings. The van der Waals surface area contributed by atoms with Crippen LogP contribution >= 0.6 is 15.9 Å². The molecule has 2 N–H and O–H groups in total. The lowest BCUT2D eigenvalue weighted by molar-refractivity contribution is -0.385. The molecular weight excluding hydrogens is 326 g/mol. The molecule has 1 aliphatic heterocycles. The molecule has 1 amide bonds. The molecule has 1 heterocycles. The number of carbonyl (C=O) groups is 1. The number of benzene rings is 1. The van der Waals surface area contributed by atoms with E-state index in [9.17, 15) is 14.9 Å². The third kappa shape index (κ3) is 3.34. The first-order chi connectivity index (χ1) is 9.49. The van der Waals surface area contributed by atoms with Gasteiger partial charge in [-0.2, -0.15) is 0 Å². The van der Waals surface area contributed by atoms with Gasteiger partial charge < -0.3 is 10.6 Å². The van der Waals surface area contributed by atoms with Crippen molar-refractivity contribution in [1.29, 1.82) is 0 Å². The molecule has 0 saturated carbocycles. The van der Waals surface area contributed by atoms with Crippen molar-refractivity contribution >= 4 is 33.2 Å². The summed E-state index contributed by atoms with van der Waals surface area (Å²) in [4.78, 5) is 22.7. The fraction of sp³-hybridized carbons (Fsp3) is 0.462. The number of aryl methyl sites for hydroxylation is 1. The maximum atomic E-state index is 12.2. The fourth-order valence-corrected chi connectivity index (χ4v) is 2.83. The minimum absolute atomic E-state index is 0.00816. The van der Waals surface area contributed by atoms with E-state index < -0.39 is 4.92 Å². The summed E-state index contributed by atoms with van der Waals surface area (Å²) in [6.45, 7) is 3.32. The Morgan fingerprint density at radius 1 is 1.45 bits per heavy atom. The number of piperidine rings is 1. The summed E-state index contributed by atoms with van der Waals surface area (Å²) in [5.41, 5.74) is 1.02. The first kappa shape index (κ1) is 14.9. The van der Waals surface area contributed by atoms with Crippen LogP contribution in [-0.4, -0.2) is 23.9 Å². The van der Waals surface area contributed by atoms with Crippen molar-refractivity contribution < 1.29 is 9.72 Å². The molecule has 7 heteroatoms. The van der Waals surface area contributed by atoms with Crippen molar-refractivity contribution in [2.24, 2.45) is 5.92 Å². The SMILES string of the molecule is Cc1cc(Br)c(NC(=O)C2CCNCC2)cc1[N+](=O)[O-]. The number of halogens is 1. The van der Waals surface area contributed by atoms with Crippen LogP contribution in [0.2, 0.25) is 0 Å². The van der Waals surface area contributed by atoms with E-state index in [1.54, 1.807) is 13.0 Å². The molecule has 0 atom stereocenters. The van der Waals surface area contributed by atoms with Gasteiger partial charge in [0, 0.05) is 22.0 Å². The number of hydrogen-bond acceptors (Lipinski definition) is 4. The molecule has 1 aliphatic rings. The topological polar surface area (TPSA) is 84.3 Å². The molecule has 0 aromatic heterocycles. The van der Waals surface area contributed by atoms with Crippen molar-refractivity contribution in [3.63, 3.8) is 0 Å². The molecule has 20 heavy (non-hydrogen) atoms. The summed E-state index contributed by atoms with van der Waals surface area (Å²) in [7, 11) is 0. The average Bonchev–Trinajstić information content (AvgIpc) is 2.42. The van der Waals surface area contributed by atoms with Gasteiger partial charge in [0.05, 0.1) is 10.6 Å². The number of nitro benzene ring substituents is 1. The number of rotatable bonds is 3. The predicted octanol–water partition coefficient (Wildman–Crippen LogP) is 2.60. The van der Waals surface area contributed by atoms with E-state index in [1.165, 1.54) is 6.07 Å². The number of carbonyl (C=O) groups excluding carboxylic acids is 1. The Morgan fingerprint density at radius 2 is 2.10 bits per heavy atom. The normalized spacial score (nSPS) is 15.9. The second-order valence-corrected chi connectivity index (χ2v) is 5.74. The monoisotopic (exact) mass is 341 g/mol. The zero-order valence-electron chi connectivity index (χ0n) is 11.1. The molecule has 1 fully saturated rings. The summed E-state index contributed by atoms with van der Waals surface area (Å²) < 4.78 is 0.655. The quantitative estimate of drug-likeness (QED) is 0.653. The molecule has 0 radical (unpaired) electrons. The van der Waals surface area contributed by atoms with Crippen LogP contribution in [0.4, 0.5) is 11.4 Å². The maximum Gasteiger partial charge on any atom is 0.274 e. The van der Waals surface area contributed by atoms with E-state index in [-0.39, 0.29) is 17.5 Å². The molecule has 6 nitrogen and oxygen atoms in total. The van der Waals surface area contributed by atoms with Gasteiger partial charge in [0.1, 0.15) is 0 Å². The van der Waals surface area contributed by atoms with Crippen LogP contribution in [0.5, 0.6) is 0 Å². The molecule has 1 saturated heterocycles. The number of nitro groups is 1. The number of nitrogens with one attached hydrogen (secondary N) is 2. The van der Waals surface area contributed by atoms with E-state index in [2.05, 4.69) is 26.6 Å². The van der Waals surface area contributed by atoms with Crippen LogP contribution < -0.4 is 10.6 Å². The summed E-state index contributed by atoms with van der Waals surface area (Å²) in [5, 5.41) is 16.9. The Hall–Kier alpha value is -1.47. The average molecular weight is 342 g/mol. The standard InChI is InChI=1S/C13H16BrN3O3/c1-8-6-10(14)11(7-12(8)17(19)20)16-13(18)9-2-4-15-5-3-9/h6-7,9,15H,2-5H2,1H3,(H,16,18). The van der Waals surface area contributed by atoms with Gasteiger partial charge in [-0.25, -0.2) is 0 Å². The van der Waals surface area contributed by atoms with Gasteiger partial charge in [0.25, 0.3) is 5.69 Å². The first-order valence-corrected chi connectivity index (χ1v) is 7.24. The molecule has 0 spiro atoms. The summed E-state index contributed by atoms with van der Waals surface area (Å²) in [6, 6.07) is 3.05. The van der Waals surface area contributed by atoms with Crippen LogP contribution in [-0.2, 0) is 4.79 Å². The zero-order valence-corrected chi connectivity index (χ0v) is 12.7. The number of amides is 1. The molecule has 0 aliphatic carbocycles. The van der Waals surface area contributed by atoms with Gasteiger partial charge in [-0.3, -0.25) is 14.9 Å². The summed E-state index contributed by atoms with van der Waals surface area (Å²) >= 11 is 3.33. The van der Waals surface area contributed by atoms with Crippen LogP contribution in [0.3, 0.4) is 0 Å². The van der Waals surface area contributed by atoms with Gasteiger partial charge >= 0.3 is 0 Å². The minimum Gasteiger partial charge on any atom is -0.325 e. The highest BCUT2D eigenvalue weighted by Gasteiger charge is 2.22. The lowest BCUT2D eigenvalue weighted by atomic mass is 9.97. The van der Waals surface area contributed by atoms with E-state index in [1.807, 2.05) is 0 Å². The Kier molecular flexibility index (Phi) is 4.72. The van der Waals surface area contributed by atoms with E-state index in [0.717, 1.165) is 25.9 Å². The lowest BCUT2D eigenvalue weighted by Crippen LogP contribution is -2.34. The van der Waals surface area contributed by atoms with Gasteiger partial charge in [0.15, 0.2) is 0 Å². The molecule has 0 unspecified atom stereocenters. The third-order valence-corrected chi connectivity index (χ3v) is 4.11. The Balaban J connectivity index is 2.18. The van der Waals surface area contributed by atoms with E-state index in [4.69, 9.17) is 0 Å². The zero-order chi connectivity index (χ0) is 14.7. The van der Waals surface area contributed by atoms with Gasteiger partial charge in [-0.15, -0.1) is 0 Å². The van der Waals surface area contributed by atoms with E-state index in [0.29, 0.717) is 15.7 Å². The molecule has 108 valence electrons. The highest BCUT2D eigenvalue weighted by atomic mass is 79.9. The molecule has 1 aromatic carbocycles. The molecule has 0 bridgehead atoms. The van der Waals surface area contributed by atoms with Crippen molar-refractivity contribution in [2.45, 2.75) is 19.8 Å². The van der Waals surface area contributed by atoms with Crippen molar-refractivity contribution in [2.75, 3.05) is 18.4 Å². The fourth-order valence-electron chi connectivity index (χ4n) is 2.27. The van der Waals surface area contributed by atoms with Crippen molar-refractivity contribution in [3.8, 4) is 0 Å². The Morgan fingerprint density at radius 3 is 2.70 bits per heavy atom. The summed E-state index contributed by atoms with van der Waals surface area (Å²) in [5.74, 6) is -0.117. The van der Waals surface area contributed by atoms with Gasteiger partial charge in [0.2, 0.25) is 5.91 Å². The first-order valence-electron chi connectivity index (χ1n) is 6.45. The van der Waals surface area contributed by atoms with Gasteiger partial charge in [-0.05, 0) is 54.9 Å². The molecular formula is C13H16BrN3O3. The van der Waals surface area contributed by atoms with E-state index >= 15 is 0 Å². The highest BCUT2D eigenvalue weighted by molar-refractivity contribution is 9.10. The largest absolute Gasteiger partial charge is 0.325 e. The molecule has 2 rings (SSSR count). The van der Waals surface area contributed by atoms with Crippen LogP contribution in [0.25, 0.3) is 0 Å². The number of hydrogen-bond donors (Lipinski definition) is 2. The maximum absolute atomic E-state index is 12.2. The smallest absolute Gasteiger partial charge is 0.274 e. The Bertz CT molecular complexity index is 542. The summed E-state index contributed by atoms with van der Waals surface area (Å²) in [6.07, 6.45) is 1.58. The van der Waals surface area contributed by atoms with Gasteiger partial charge in [-0.1, -0.05) is 0 Å². The second-order valence-electron chi connectivity index (χ2n) is 4.89. The van der Waals surface area contributed by atoms with Crippen molar-refractivity contribution in [1.82, 2.24) is 5.32 Å². The third-order valence-electron chi connectivity index (χ3n) is 3.45. The number of anilines is 1.